The number of amides is 1. The highest BCUT2D eigenvalue weighted by Crippen LogP contribution is 2.22. The molecule has 2 unspecified atom stereocenters. The monoisotopic (exact) mass is 262 g/mol. The van der Waals surface area contributed by atoms with Crippen LogP contribution < -0.4 is 11.2 Å². The van der Waals surface area contributed by atoms with Gasteiger partial charge in [-0.2, -0.15) is 0 Å². The minimum absolute atomic E-state index is 0.0391. The lowest BCUT2D eigenvalue weighted by atomic mass is 9.95. The van der Waals surface area contributed by atoms with Crippen LogP contribution >= 0.6 is 0 Å². The molecule has 104 valence electrons. The molecule has 0 saturated heterocycles. The summed E-state index contributed by atoms with van der Waals surface area (Å²) in [4.78, 5) is 17.3. The molecule has 0 heterocycles. The Morgan fingerprint density at radius 1 is 1.21 bits per heavy atom. The molecule has 0 radical (unpaired) electrons. The van der Waals surface area contributed by atoms with Crippen LogP contribution in [-0.2, 0) is 16.2 Å². The van der Waals surface area contributed by atoms with Crippen molar-refractivity contribution in [3.63, 3.8) is 0 Å². The quantitative estimate of drug-likeness (QED) is 0.645. The predicted molar refractivity (Wildman–Crippen MR) is 73.9 cm³/mol. The molecule has 4 nitrogen and oxygen atoms in total. The molecule has 19 heavy (non-hydrogen) atoms. The summed E-state index contributed by atoms with van der Waals surface area (Å²) in [7, 11) is 0. The average molecular weight is 262 g/mol. The van der Waals surface area contributed by atoms with E-state index in [1.54, 1.807) is 0 Å². The fourth-order valence-corrected chi connectivity index (χ4v) is 2.50. The van der Waals surface area contributed by atoms with E-state index < -0.39 is 0 Å². The summed E-state index contributed by atoms with van der Waals surface area (Å²) in [6.07, 6.45) is 5.15. The molecule has 2 atom stereocenters. The number of benzene rings is 1. The average Bonchev–Trinajstić information content (AvgIpc) is 2.64. The van der Waals surface area contributed by atoms with Crippen LogP contribution in [0.25, 0.3) is 0 Å². The first-order chi connectivity index (χ1) is 9.27. The fourth-order valence-electron chi connectivity index (χ4n) is 2.50. The summed E-state index contributed by atoms with van der Waals surface area (Å²) in [5, 5.41) is 0. The van der Waals surface area contributed by atoms with Crippen molar-refractivity contribution in [2.24, 2.45) is 11.7 Å². The van der Waals surface area contributed by atoms with Gasteiger partial charge in [0.05, 0.1) is 12.5 Å². The van der Waals surface area contributed by atoms with Gasteiger partial charge in [0, 0.05) is 6.04 Å². The minimum Gasteiger partial charge on any atom is -0.327 e. The normalized spacial score (nSPS) is 23.6. The zero-order valence-electron chi connectivity index (χ0n) is 11.2. The Kier molecular flexibility index (Phi) is 5.36. The molecule has 1 amide bonds. The molecular weight excluding hydrogens is 240 g/mol. The van der Waals surface area contributed by atoms with Crippen molar-refractivity contribution in [3.8, 4) is 0 Å². The second-order valence-corrected chi connectivity index (χ2v) is 5.15. The van der Waals surface area contributed by atoms with Gasteiger partial charge >= 0.3 is 0 Å². The third-order valence-corrected chi connectivity index (χ3v) is 3.66. The summed E-state index contributed by atoms with van der Waals surface area (Å²) in [6, 6.07) is 9.73. The van der Waals surface area contributed by atoms with Crippen LogP contribution in [0.15, 0.2) is 30.3 Å². The van der Waals surface area contributed by atoms with E-state index in [9.17, 15) is 4.79 Å². The fraction of sp³-hybridized carbons (Fsp3) is 0.533. The Morgan fingerprint density at radius 3 is 2.74 bits per heavy atom. The molecule has 2 rings (SSSR count). The number of nitrogens with one attached hydrogen (secondary N) is 1. The Hall–Kier alpha value is -1.39. The maximum Gasteiger partial charge on any atom is 0.248 e. The van der Waals surface area contributed by atoms with Crippen LogP contribution in [0.4, 0.5) is 0 Å². The number of carbonyl (C=O) groups is 1. The first-order valence-corrected chi connectivity index (χ1v) is 6.98. The standard InChI is InChI=1S/C15H22N2O2/c16-14-10-6-2-5-9-13(14)15(18)17-19-11-12-7-3-1-4-8-12/h1,3-4,7-8,13-14H,2,5-6,9-11,16H2,(H,17,18). The van der Waals surface area contributed by atoms with Crippen molar-refractivity contribution >= 4 is 5.91 Å². The zero-order chi connectivity index (χ0) is 13.5. The molecule has 0 aliphatic heterocycles. The van der Waals surface area contributed by atoms with Crippen molar-refractivity contribution < 1.29 is 9.63 Å². The number of carbonyl (C=O) groups excluding carboxylic acids is 1. The third kappa shape index (κ3) is 4.33. The molecule has 1 aromatic rings. The molecule has 1 saturated carbocycles. The number of hydrogen-bond donors (Lipinski definition) is 2. The Bertz CT molecular complexity index is 394. The largest absolute Gasteiger partial charge is 0.327 e. The minimum atomic E-state index is -0.113. The van der Waals surface area contributed by atoms with Gasteiger partial charge in [0.1, 0.15) is 0 Å². The van der Waals surface area contributed by atoms with Crippen LogP contribution in [0.1, 0.15) is 37.7 Å². The van der Waals surface area contributed by atoms with Crippen LogP contribution in [0, 0.1) is 5.92 Å². The second-order valence-electron chi connectivity index (χ2n) is 5.15. The van der Waals surface area contributed by atoms with E-state index in [0.717, 1.165) is 31.2 Å². The molecule has 1 aliphatic carbocycles. The summed E-state index contributed by atoms with van der Waals surface area (Å²) >= 11 is 0. The predicted octanol–water partition coefficient (Wildman–Crippen LogP) is 2.14. The lowest BCUT2D eigenvalue weighted by Gasteiger charge is -2.20. The second kappa shape index (κ2) is 7.26. The molecule has 0 bridgehead atoms. The van der Waals surface area contributed by atoms with Crippen LogP contribution in [-0.4, -0.2) is 11.9 Å². The van der Waals surface area contributed by atoms with Crippen molar-refractivity contribution in [1.29, 1.82) is 0 Å². The van der Waals surface area contributed by atoms with E-state index in [1.165, 1.54) is 6.42 Å². The molecule has 0 spiro atoms. The van der Waals surface area contributed by atoms with Gasteiger partial charge in [0.25, 0.3) is 0 Å². The number of rotatable bonds is 4. The molecule has 1 aliphatic rings. The highest BCUT2D eigenvalue weighted by Gasteiger charge is 2.27. The van der Waals surface area contributed by atoms with Crippen molar-refractivity contribution in [1.82, 2.24) is 5.48 Å². The van der Waals surface area contributed by atoms with Gasteiger partial charge in [0.15, 0.2) is 0 Å². The highest BCUT2D eigenvalue weighted by atomic mass is 16.6. The number of hydrogen-bond acceptors (Lipinski definition) is 3. The van der Waals surface area contributed by atoms with Crippen molar-refractivity contribution in [2.75, 3.05) is 0 Å². The highest BCUT2D eigenvalue weighted by molar-refractivity contribution is 5.78. The van der Waals surface area contributed by atoms with E-state index in [1.807, 2.05) is 30.3 Å². The Morgan fingerprint density at radius 2 is 1.95 bits per heavy atom. The maximum absolute atomic E-state index is 12.0. The van der Waals surface area contributed by atoms with E-state index in [4.69, 9.17) is 10.6 Å². The van der Waals surface area contributed by atoms with Gasteiger partial charge in [0.2, 0.25) is 5.91 Å². The smallest absolute Gasteiger partial charge is 0.248 e. The van der Waals surface area contributed by atoms with E-state index in [2.05, 4.69) is 5.48 Å². The SMILES string of the molecule is NC1CCCCCC1C(=O)NOCc1ccccc1. The maximum atomic E-state index is 12.0. The van der Waals surface area contributed by atoms with Gasteiger partial charge in [-0.25, -0.2) is 5.48 Å². The van der Waals surface area contributed by atoms with Crippen LogP contribution in [0.3, 0.4) is 0 Å². The molecule has 1 aromatic carbocycles. The van der Waals surface area contributed by atoms with Crippen LogP contribution in [0.5, 0.6) is 0 Å². The van der Waals surface area contributed by atoms with Gasteiger partial charge in [-0.15, -0.1) is 0 Å². The lowest BCUT2D eigenvalue weighted by molar-refractivity contribution is -0.139. The van der Waals surface area contributed by atoms with E-state index in [0.29, 0.717) is 6.61 Å². The molecule has 4 heteroatoms. The third-order valence-electron chi connectivity index (χ3n) is 3.66. The summed E-state index contributed by atoms with van der Waals surface area (Å²) in [5.41, 5.74) is 9.62. The van der Waals surface area contributed by atoms with Gasteiger partial charge < -0.3 is 5.73 Å². The van der Waals surface area contributed by atoms with Crippen molar-refractivity contribution in [3.05, 3.63) is 35.9 Å². The molecule has 0 aromatic heterocycles. The topological polar surface area (TPSA) is 64.4 Å². The van der Waals surface area contributed by atoms with Crippen LogP contribution in [0.2, 0.25) is 0 Å². The Balaban J connectivity index is 1.77. The first-order valence-electron chi connectivity index (χ1n) is 6.98. The van der Waals surface area contributed by atoms with Gasteiger partial charge in [-0.05, 0) is 18.4 Å². The molecular formula is C15H22N2O2. The van der Waals surface area contributed by atoms with Crippen molar-refractivity contribution in [2.45, 2.75) is 44.8 Å². The lowest BCUT2D eigenvalue weighted by Crippen LogP contribution is -2.41. The molecule has 1 fully saturated rings. The zero-order valence-corrected chi connectivity index (χ0v) is 11.2. The van der Waals surface area contributed by atoms with Gasteiger partial charge in [-0.3, -0.25) is 9.63 Å². The first kappa shape index (κ1) is 14.0. The van der Waals surface area contributed by atoms with Gasteiger partial charge in [-0.1, -0.05) is 49.6 Å². The van der Waals surface area contributed by atoms with E-state index in [-0.39, 0.29) is 17.9 Å². The van der Waals surface area contributed by atoms with E-state index >= 15 is 0 Å². The Labute approximate surface area is 114 Å². The summed E-state index contributed by atoms with van der Waals surface area (Å²) < 4.78 is 0. The number of nitrogens with two attached hydrogens (primary N) is 1. The summed E-state index contributed by atoms with van der Waals surface area (Å²) in [5.74, 6) is -0.191. The summed E-state index contributed by atoms with van der Waals surface area (Å²) in [6.45, 7) is 0.383. The molecule has 3 N–H and O–H groups in total. The number of hydroxylamine groups is 1.